The van der Waals surface area contributed by atoms with Gasteiger partial charge in [-0.15, -0.1) is 5.10 Å². The van der Waals surface area contributed by atoms with Gasteiger partial charge in [0.2, 0.25) is 0 Å². The number of aromatic amines is 1. The van der Waals surface area contributed by atoms with Crippen molar-refractivity contribution in [1.29, 1.82) is 0 Å². The summed E-state index contributed by atoms with van der Waals surface area (Å²) in [5.41, 5.74) is 1.56. The van der Waals surface area contributed by atoms with Gasteiger partial charge in [-0.1, -0.05) is 42.8 Å². The zero-order valence-electron chi connectivity index (χ0n) is 17.1. The van der Waals surface area contributed by atoms with E-state index in [1.165, 1.54) is 16.3 Å². The number of aliphatic hydroxyl groups is 2. The number of aromatic nitrogens is 5. The van der Waals surface area contributed by atoms with Crippen LogP contribution in [0.3, 0.4) is 0 Å². The van der Waals surface area contributed by atoms with Gasteiger partial charge in [-0.05, 0) is 17.5 Å². The minimum atomic E-state index is -0.901. The molecule has 164 valence electrons. The van der Waals surface area contributed by atoms with Crippen molar-refractivity contribution in [2.45, 2.75) is 51.2 Å². The number of nitrogens with zero attached hydrogens (tertiary/aromatic N) is 4. The molecule has 3 heterocycles. The lowest BCUT2D eigenvalue weighted by Gasteiger charge is -2.14. The van der Waals surface area contributed by atoms with Crippen LogP contribution in [0.1, 0.15) is 37.1 Å². The van der Waals surface area contributed by atoms with Gasteiger partial charge in [0.05, 0.1) is 31.0 Å². The Morgan fingerprint density at radius 1 is 1.26 bits per heavy atom. The van der Waals surface area contributed by atoms with Gasteiger partial charge >= 0.3 is 5.69 Å². The van der Waals surface area contributed by atoms with Gasteiger partial charge in [0.25, 0.3) is 5.56 Å². The summed E-state index contributed by atoms with van der Waals surface area (Å²) in [6, 6.07) is 8.23. The highest BCUT2D eigenvalue weighted by atomic mass is 16.5. The molecule has 3 atom stereocenters. The molecule has 3 N–H and O–H groups in total. The summed E-state index contributed by atoms with van der Waals surface area (Å²) in [6.07, 6.45) is 2.71. The Morgan fingerprint density at radius 3 is 2.81 bits per heavy atom. The first-order valence-electron chi connectivity index (χ1n) is 10.3. The fourth-order valence-electron chi connectivity index (χ4n) is 3.79. The van der Waals surface area contributed by atoms with Crippen molar-refractivity contribution >= 4 is 0 Å². The van der Waals surface area contributed by atoms with E-state index in [0.29, 0.717) is 12.2 Å². The van der Waals surface area contributed by atoms with Crippen LogP contribution in [-0.4, -0.2) is 53.6 Å². The van der Waals surface area contributed by atoms with Crippen LogP contribution in [0.15, 0.2) is 46.2 Å². The van der Waals surface area contributed by atoms with E-state index in [0.717, 1.165) is 18.4 Å². The second-order valence-corrected chi connectivity index (χ2v) is 7.70. The van der Waals surface area contributed by atoms with Crippen LogP contribution in [0.2, 0.25) is 0 Å². The number of rotatable bonds is 7. The Morgan fingerprint density at radius 2 is 2.06 bits per heavy atom. The minimum Gasteiger partial charge on any atom is -0.394 e. The van der Waals surface area contributed by atoms with Crippen molar-refractivity contribution in [1.82, 2.24) is 24.5 Å². The Labute approximate surface area is 177 Å². The van der Waals surface area contributed by atoms with E-state index >= 15 is 0 Å². The molecule has 0 amide bonds. The molecular weight excluding hydrogens is 402 g/mol. The molecule has 0 aliphatic carbocycles. The van der Waals surface area contributed by atoms with E-state index in [1.807, 2.05) is 12.1 Å². The summed E-state index contributed by atoms with van der Waals surface area (Å²) < 4.78 is 8.36. The molecule has 0 radical (unpaired) electrons. The lowest BCUT2D eigenvalue weighted by Crippen LogP contribution is -2.33. The van der Waals surface area contributed by atoms with Gasteiger partial charge in [0, 0.05) is 12.6 Å². The minimum absolute atomic E-state index is 0.122. The average Bonchev–Trinajstić information content (AvgIpc) is 3.35. The highest BCUT2D eigenvalue weighted by Gasteiger charge is 2.35. The van der Waals surface area contributed by atoms with E-state index < -0.39 is 29.7 Å². The third kappa shape index (κ3) is 4.50. The molecule has 0 saturated carbocycles. The number of nitrogens with one attached hydrogen (secondary N) is 1. The third-order valence-electron chi connectivity index (χ3n) is 5.35. The highest BCUT2D eigenvalue weighted by molar-refractivity contribution is 5.54. The van der Waals surface area contributed by atoms with E-state index in [2.05, 4.69) is 34.4 Å². The first kappa shape index (κ1) is 21.2. The molecule has 0 spiro atoms. The van der Waals surface area contributed by atoms with E-state index in [1.54, 1.807) is 10.9 Å². The summed E-state index contributed by atoms with van der Waals surface area (Å²) in [7, 11) is 0. The number of benzene rings is 1. The molecule has 3 aromatic rings. The van der Waals surface area contributed by atoms with Crippen LogP contribution in [0.4, 0.5) is 0 Å². The molecule has 10 heteroatoms. The number of hydrogen-bond acceptors (Lipinski definition) is 7. The zero-order chi connectivity index (χ0) is 22.0. The van der Waals surface area contributed by atoms with E-state index in [4.69, 9.17) is 4.74 Å². The molecule has 1 fully saturated rings. The summed E-state index contributed by atoms with van der Waals surface area (Å²) in [6.45, 7) is 2.27. The largest absolute Gasteiger partial charge is 0.394 e. The predicted molar refractivity (Wildman–Crippen MR) is 111 cm³/mol. The first-order chi connectivity index (χ1) is 15.0. The normalized spacial score (nSPS) is 20.9. The molecule has 1 aliphatic heterocycles. The molecule has 10 nitrogen and oxygen atoms in total. The molecule has 1 aliphatic rings. The van der Waals surface area contributed by atoms with E-state index in [9.17, 15) is 19.8 Å². The quantitative estimate of drug-likeness (QED) is 0.498. The molecule has 0 bridgehead atoms. The van der Waals surface area contributed by atoms with Crippen LogP contribution < -0.4 is 11.2 Å². The molecular formula is C21H25N5O5. The smallest absolute Gasteiger partial charge is 0.330 e. The predicted octanol–water partition coefficient (Wildman–Crippen LogP) is 0.437. The molecule has 1 saturated heterocycles. The van der Waals surface area contributed by atoms with Gasteiger partial charge in [-0.3, -0.25) is 14.3 Å². The Balaban J connectivity index is 1.59. The molecule has 31 heavy (non-hydrogen) atoms. The van der Waals surface area contributed by atoms with Crippen LogP contribution in [-0.2, 0) is 17.7 Å². The van der Waals surface area contributed by atoms with Crippen LogP contribution in [0.25, 0.3) is 11.3 Å². The highest BCUT2D eigenvalue weighted by Crippen LogP contribution is 2.27. The van der Waals surface area contributed by atoms with Gasteiger partial charge < -0.3 is 14.9 Å². The van der Waals surface area contributed by atoms with Gasteiger partial charge in [-0.25, -0.2) is 9.48 Å². The van der Waals surface area contributed by atoms with Crippen LogP contribution >= 0.6 is 0 Å². The lowest BCUT2D eigenvalue weighted by molar-refractivity contribution is -0.0458. The topological polar surface area (TPSA) is 135 Å². The first-order valence-corrected chi connectivity index (χ1v) is 10.3. The Bertz CT molecular complexity index is 1170. The fourth-order valence-corrected chi connectivity index (χ4v) is 3.79. The van der Waals surface area contributed by atoms with Crippen molar-refractivity contribution < 1.29 is 14.9 Å². The molecule has 2 aromatic heterocycles. The summed E-state index contributed by atoms with van der Waals surface area (Å²) in [5, 5.41) is 27.4. The van der Waals surface area contributed by atoms with Crippen molar-refractivity contribution in [3.8, 4) is 11.3 Å². The summed E-state index contributed by atoms with van der Waals surface area (Å²) in [4.78, 5) is 26.9. The number of ether oxygens (including phenoxy) is 1. The second-order valence-electron chi connectivity index (χ2n) is 7.70. The number of H-pyrrole nitrogens is 1. The number of hydrogen-bond donors (Lipinski definition) is 3. The SMILES string of the molecule is CCCc1cccc(Cn2cc(-c3cn([C@H]4C[C@H](O)[C@@H](CO)O4)c(=O)[nH]c3=O)nn2)c1. The summed E-state index contributed by atoms with van der Waals surface area (Å²) >= 11 is 0. The molecule has 0 unspecified atom stereocenters. The Hall–Kier alpha value is -3.08. The van der Waals surface area contributed by atoms with Gasteiger partial charge in [-0.2, -0.15) is 0 Å². The van der Waals surface area contributed by atoms with Gasteiger partial charge in [0.1, 0.15) is 18.0 Å². The number of aryl methyl sites for hydroxylation is 1. The van der Waals surface area contributed by atoms with Crippen LogP contribution in [0.5, 0.6) is 0 Å². The fraction of sp³-hybridized carbons (Fsp3) is 0.429. The average molecular weight is 427 g/mol. The zero-order valence-corrected chi connectivity index (χ0v) is 17.1. The van der Waals surface area contributed by atoms with Crippen LogP contribution in [0, 0.1) is 0 Å². The number of aliphatic hydroxyl groups excluding tert-OH is 2. The molecule has 4 rings (SSSR count). The third-order valence-corrected chi connectivity index (χ3v) is 5.35. The van der Waals surface area contributed by atoms with Crippen molar-refractivity contribution in [2.75, 3.05) is 6.61 Å². The maximum atomic E-state index is 12.4. The van der Waals surface area contributed by atoms with E-state index in [-0.39, 0.29) is 18.6 Å². The van der Waals surface area contributed by atoms with Crippen molar-refractivity contribution in [3.05, 3.63) is 68.6 Å². The molecule has 1 aromatic carbocycles. The second kappa shape index (κ2) is 8.96. The Kier molecular flexibility index (Phi) is 6.12. The van der Waals surface area contributed by atoms with Gasteiger partial charge in [0.15, 0.2) is 0 Å². The monoisotopic (exact) mass is 427 g/mol. The summed E-state index contributed by atoms with van der Waals surface area (Å²) in [5.74, 6) is 0. The standard InChI is InChI=1S/C21H25N5O5/c1-2-4-13-5-3-6-14(7-13)9-25-11-16(23-24-25)15-10-26(21(30)22-20(15)29)19-8-17(28)18(12-27)31-19/h3,5-7,10-11,17-19,27-28H,2,4,8-9,12H2,1H3,(H,22,29,30)/t17-,18+,19+/m0/s1. The maximum Gasteiger partial charge on any atom is 0.330 e. The lowest BCUT2D eigenvalue weighted by atomic mass is 10.1. The van der Waals surface area contributed by atoms with Crippen molar-refractivity contribution in [2.24, 2.45) is 0 Å². The van der Waals surface area contributed by atoms with Crippen molar-refractivity contribution in [3.63, 3.8) is 0 Å². The maximum absolute atomic E-state index is 12.4.